The van der Waals surface area contributed by atoms with E-state index in [0.717, 1.165) is 14.5 Å². The Morgan fingerprint density at radius 1 is 1.14 bits per heavy atom. The van der Waals surface area contributed by atoms with Crippen LogP contribution in [0, 0.1) is 0 Å². The molecular weight excluding hydrogens is 400 g/mol. The molecule has 0 bridgehead atoms. The minimum Gasteiger partial charge on any atom is -0.507 e. The van der Waals surface area contributed by atoms with Crippen molar-refractivity contribution in [3.05, 3.63) is 62.5 Å². The summed E-state index contributed by atoms with van der Waals surface area (Å²) in [7, 11) is 0. The van der Waals surface area contributed by atoms with Gasteiger partial charge in [0, 0.05) is 14.5 Å². The SMILES string of the molecule is O=C(Cc1ccc(Br)cc1)NN=Cc1cc(Br)ccc1O. The Bertz CT molecular complexity index is 670. The number of phenols is 1. The van der Waals surface area contributed by atoms with Gasteiger partial charge in [-0.05, 0) is 35.9 Å². The zero-order valence-corrected chi connectivity index (χ0v) is 14.1. The maximum atomic E-state index is 11.7. The van der Waals surface area contributed by atoms with Crippen molar-refractivity contribution < 1.29 is 9.90 Å². The smallest absolute Gasteiger partial charge is 0.244 e. The van der Waals surface area contributed by atoms with Crippen LogP contribution >= 0.6 is 31.9 Å². The third kappa shape index (κ3) is 4.99. The average molecular weight is 412 g/mol. The zero-order chi connectivity index (χ0) is 15.2. The quantitative estimate of drug-likeness (QED) is 0.596. The van der Waals surface area contributed by atoms with Gasteiger partial charge in [0.15, 0.2) is 0 Å². The number of nitrogens with zero attached hydrogens (tertiary/aromatic N) is 1. The van der Waals surface area contributed by atoms with Crippen molar-refractivity contribution in [3.63, 3.8) is 0 Å². The highest BCUT2D eigenvalue weighted by atomic mass is 79.9. The van der Waals surface area contributed by atoms with E-state index in [1.165, 1.54) is 6.21 Å². The van der Waals surface area contributed by atoms with Crippen LogP contribution in [-0.2, 0) is 11.2 Å². The minimum absolute atomic E-state index is 0.101. The Morgan fingerprint density at radius 2 is 1.81 bits per heavy atom. The Hall–Kier alpha value is -1.66. The first-order valence-corrected chi connectivity index (χ1v) is 7.68. The maximum Gasteiger partial charge on any atom is 0.244 e. The highest BCUT2D eigenvalue weighted by Gasteiger charge is 2.02. The third-order valence-electron chi connectivity index (χ3n) is 2.66. The fourth-order valence-electron chi connectivity index (χ4n) is 1.63. The number of carbonyl (C=O) groups is 1. The van der Waals surface area contributed by atoms with Gasteiger partial charge in [-0.1, -0.05) is 44.0 Å². The minimum atomic E-state index is -0.219. The summed E-state index contributed by atoms with van der Waals surface area (Å²) in [5.74, 6) is -0.118. The van der Waals surface area contributed by atoms with Gasteiger partial charge in [-0.3, -0.25) is 4.79 Å². The van der Waals surface area contributed by atoms with E-state index in [4.69, 9.17) is 0 Å². The van der Waals surface area contributed by atoms with Crippen LogP contribution in [0.3, 0.4) is 0 Å². The number of hydrogen-bond donors (Lipinski definition) is 2. The summed E-state index contributed by atoms with van der Waals surface area (Å²) in [5.41, 5.74) is 3.85. The average Bonchev–Trinajstić information content (AvgIpc) is 2.45. The second-order valence-corrected chi connectivity index (χ2v) is 6.13. The van der Waals surface area contributed by atoms with E-state index in [2.05, 4.69) is 42.4 Å². The largest absolute Gasteiger partial charge is 0.507 e. The third-order valence-corrected chi connectivity index (χ3v) is 3.68. The summed E-state index contributed by atoms with van der Waals surface area (Å²) in [4.78, 5) is 11.7. The van der Waals surface area contributed by atoms with Gasteiger partial charge >= 0.3 is 0 Å². The van der Waals surface area contributed by atoms with Gasteiger partial charge in [0.2, 0.25) is 5.91 Å². The first kappa shape index (κ1) is 15.7. The number of benzene rings is 2. The normalized spacial score (nSPS) is 10.8. The van der Waals surface area contributed by atoms with Crippen molar-refractivity contribution in [2.24, 2.45) is 5.10 Å². The van der Waals surface area contributed by atoms with Crippen LogP contribution in [0.25, 0.3) is 0 Å². The van der Waals surface area contributed by atoms with Gasteiger partial charge < -0.3 is 5.11 Å². The lowest BCUT2D eigenvalue weighted by Gasteiger charge is -2.02. The van der Waals surface area contributed by atoms with E-state index in [-0.39, 0.29) is 18.1 Å². The number of carbonyl (C=O) groups excluding carboxylic acids is 1. The molecule has 0 unspecified atom stereocenters. The summed E-state index contributed by atoms with van der Waals surface area (Å²) < 4.78 is 1.79. The lowest BCUT2D eigenvalue weighted by molar-refractivity contribution is -0.120. The predicted molar refractivity (Wildman–Crippen MR) is 89.4 cm³/mol. The summed E-state index contributed by atoms with van der Waals surface area (Å²) in [6.07, 6.45) is 1.65. The Morgan fingerprint density at radius 3 is 2.52 bits per heavy atom. The van der Waals surface area contributed by atoms with Crippen LogP contribution in [0.15, 0.2) is 56.5 Å². The van der Waals surface area contributed by atoms with Gasteiger partial charge in [-0.15, -0.1) is 0 Å². The maximum absolute atomic E-state index is 11.7. The first-order chi connectivity index (χ1) is 10.0. The molecule has 2 rings (SSSR count). The molecule has 0 heterocycles. The van der Waals surface area contributed by atoms with E-state index >= 15 is 0 Å². The van der Waals surface area contributed by atoms with E-state index in [1.54, 1.807) is 18.2 Å². The molecule has 0 atom stereocenters. The van der Waals surface area contributed by atoms with Gasteiger partial charge in [0.25, 0.3) is 0 Å². The van der Waals surface area contributed by atoms with Crippen LogP contribution in [0.1, 0.15) is 11.1 Å². The van der Waals surface area contributed by atoms with Crippen LogP contribution in [0.2, 0.25) is 0 Å². The van der Waals surface area contributed by atoms with Crippen LogP contribution in [-0.4, -0.2) is 17.2 Å². The van der Waals surface area contributed by atoms with Gasteiger partial charge in [0.1, 0.15) is 5.75 Å². The van der Waals surface area contributed by atoms with Gasteiger partial charge in [-0.25, -0.2) is 5.43 Å². The highest BCUT2D eigenvalue weighted by molar-refractivity contribution is 9.10. The molecule has 0 saturated heterocycles. The van der Waals surface area contributed by atoms with Crippen molar-refractivity contribution in [1.29, 1.82) is 0 Å². The molecule has 0 aliphatic heterocycles. The molecule has 0 radical (unpaired) electrons. The number of halogens is 2. The molecule has 1 amide bonds. The topological polar surface area (TPSA) is 61.7 Å². The Kier molecular flexibility index (Phi) is 5.52. The van der Waals surface area contributed by atoms with Crippen LogP contribution in [0.4, 0.5) is 0 Å². The van der Waals surface area contributed by atoms with E-state index in [0.29, 0.717) is 5.56 Å². The molecule has 4 nitrogen and oxygen atoms in total. The van der Waals surface area contributed by atoms with Crippen LogP contribution in [0.5, 0.6) is 5.75 Å². The number of hydrazone groups is 1. The molecule has 0 aliphatic rings. The van der Waals surface area contributed by atoms with E-state index < -0.39 is 0 Å². The predicted octanol–water partition coefficient (Wildman–Crippen LogP) is 3.61. The summed E-state index contributed by atoms with van der Waals surface area (Å²) in [5, 5.41) is 13.5. The Balaban J connectivity index is 1.93. The standard InChI is InChI=1S/C15H12Br2N2O2/c16-12-3-1-10(2-4-12)7-15(21)19-18-9-11-8-13(17)5-6-14(11)20/h1-6,8-9,20H,7H2,(H,19,21). The molecule has 21 heavy (non-hydrogen) atoms. The molecule has 108 valence electrons. The molecule has 0 aliphatic carbocycles. The lowest BCUT2D eigenvalue weighted by Crippen LogP contribution is -2.19. The second-order valence-electron chi connectivity index (χ2n) is 4.30. The monoisotopic (exact) mass is 410 g/mol. The van der Waals surface area contributed by atoms with Crippen molar-refractivity contribution in [2.45, 2.75) is 6.42 Å². The molecule has 2 aromatic rings. The molecule has 0 spiro atoms. The van der Waals surface area contributed by atoms with Crippen molar-refractivity contribution in [2.75, 3.05) is 0 Å². The fourth-order valence-corrected chi connectivity index (χ4v) is 2.27. The fraction of sp³-hybridized carbons (Fsp3) is 0.0667. The van der Waals surface area contributed by atoms with E-state index in [1.807, 2.05) is 24.3 Å². The van der Waals surface area contributed by atoms with Crippen LogP contribution < -0.4 is 5.43 Å². The molecule has 2 aromatic carbocycles. The lowest BCUT2D eigenvalue weighted by atomic mass is 10.1. The number of nitrogens with one attached hydrogen (secondary N) is 1. The van der Waals surface area contributed by atoms with Crippen molar-refractivity contribution in [1.82, 2.24) is 5.43 Å². The molecule has 0 saturated carbocycles. The van der Waals surface area contributed by atoms with Crippen molar-refractivity contribution in [3.8, 4) is 5.75 Å². The van der Waals surface area contributed by atoms with Crippen molar-refractivity contribution >= 4 is 44.0 Å². The van der Waals surface area contributed by atoms with E-state index in [9.17, 15) is 9.90 Å². The number of hydrogen-bond acceptors (Lipinski definition) is 3. The van der Waals surface area contributed by atoms with Gasteiger partial charge in [-0.2, -0.15) is 5.10 Å². The summed E-state index contributed by atoms with van der Waals surface area (Å²) >= 11 is 6.64. The zero-order valence-electron chi connectivity index (χ0n) is 10.9. The number of amides is 1. The summed E-state index contributed by atoms with van der Waals surface area (Å²) in [6, 6.07) is 12.5. The number of phenolic OH excluding ortho intramolecular Hbond substituents is 1. The first-order valence-electron chi connectivity index (χ1n) is 6.09. The molecule has 0 fully saturated rings. The van der Waals surface area contributed by atoms with Gasteiger partial charge in [0.05, 0.1) is 12.6 Å². The molecule has 6 heteroatoms. The number of rotatable bonds is 4. The molecular formula is C15H12Br2N2O2. The summed E-state index contributed by atoms with van der Waals surface area (Å²) in [6.45, 7) is 0. The number of aromatic hydroxyl groups is 1. The highest BCUT2D eigenvalue weighted by Crippen LogP contribution is 2.19. The molecule has 0 aromatic heterocycles. The molecule has 2 N–H and O–H groups in total. The second kappa shape index (κ2) is 7.38. The Labute approximate surface area is 139 Å².